The number of rotatable bonds is 3. The fourth-order valence-electron chi connectivity index (χ4n) is 2.67. The minimum atomic E-state index is 0.0871. The number of nitrogens with zero attached hydrogens (tertiary/aromatic N) is 2. The second-order valence-electron chi connectivity index (χ2n) is 5.32. The van der Waals surface area contributed by atoms with Crippen LogP contribution >= 0.6 is 11.3 Å². The monoisotopic (exact) mass is 310 g/mol. The summed E-state index contributed by atoms with van der Waals surface area (Å²) >= 11 is 1.46. The van der Waals surface area contributed by atoms with Crippen LogP contribution in [-0.2, 0) is 18.0 Å². The summed E-state index contributed by atoms with van der Waals surface area (Å²) in [6.07, 6.45) is 3.72. The molecule has 0 N–H and O–H groups in total. The topological polar surface area (TPSA) is 44.1 Å². The molecule has 1 aromatic carbocycles. The van der Waals surface area contributed by atoms with Gasteiger partial charge in [0.05, 0.1) is 18.1 Å². The van der Waals surface area contributed by atoms with Crippen molar-refractivity contribution < 1.29 is 9.53 Å². The molecule has 0 spiro atoms. The van der Waals surface area contributed by atoms with Crippen molar-refractivity contribution in [3.63, 3.8) is 0 Å². The highest BCUT2D eigenvalue weighted by Crippen LogP contribution is 2.29. The van der Waals surface area contributed by atoms with Crippen LogP contribution in [0.1, 0.15) is 27.7 Å². The van der Waals surface area contributed by atoms with Gasteiger partial charge < -0.3 is 4.74 Å². The zero-order chi connectivity index (χ0) is 15.1. The summed E-state index contributed by atoms with van der Waals surface area (Å²) in [4.78, 5) is 16.7. The lowest BCUT2D eigenvalue weighted by Gasteiger charge is -2.08. The first kappa shape index (κ1) is 13.4. The van der Waals surface area contributed by atoms with Crippen molar-refractivity contribution in [2.24, 2.45) is 0 Å². The predicted octanol–water partition coefficient (Wildman–Crippen LogP) is 3.83. The molecule has 3 heterocycles. The van der Waals surface area contributed by atoms with Crippen LogP contribution in [0.5, 0.6) is 0 Å². The maximum Gasteiger partial charge on any atom is 0.169 e. The number of ketones is 1. The van der Waals surface area contributed by atoms with Crippen molar-refractivity contribution in [2.45, 2.75) is 20.1 Å². The Hall–Kier alpha value is -2.24. The molecule has 0 saturated heterocycles. The standard InChI is InChI=1S/C17H14N2O2S/c1-11(20)16-7-14(10-22-16)17-18-4-5-19(17)15-3-2-12-8-21-9-13(12)6-15/h2-7,10H,8-9H2,1H3. The van der Waals surface area contributed by atoms with Crippen LogP contribution < -0.4 is 0 Å². The molecule has 0 atom stereocenters. The molecule has 0 amide bonds. The van der Waals surface area contributed by atoms with Gasteiger partial charge in [-0.05, 0) is 36.2 Å². The second-order valence-corrected chi connectivity index (χ2v) is 6.23. The van der Waals surface area contributed by atoms with Gasteiger partial charge in [-0.1, -0.05) is 6.07 Å². The lowest BCUT2D eigenvalue weighted by Crippen LogP contribution is -1.97. The Balaban J connectivity index is 1.77. The van der Waals surface area contributed by atoms with Crippen LogP contribution in [0.4, 0.5) is 0 Å². The largest absolute Gasteiger partial charge is 0.372 e. The number of aromatic nitrogens is 2. The minimum absolute atomic E-state index is 0.0871. The number of benzene rings is 1. The highest BCUT2D eigenvalue weighted by molar-refractivity contribution is 7.12. The molecule has 0 unspecified atom stereocenters. The van der Waals surface area contributed by atoms with Gasteiger partial charge in [-0.3, -0.25) is 9.36 Å². The summed E-state index contributed by atoms with van der Waals surface area (Å²) in [5.74, 6) is 0.937. The Morgan fingerprint density at radius 2 is 2.14 bits per heavy atom. The van der Waals surface area contributed by atoms with Gasteiger partial charge in [0.15, 0.2) is 5.78 Å². The zero-order valence-corrected chi connectivity index (χ0v) is 12.9. The molecule has 5 heteroatoms. The number of carbonyl (C=O) groups excluding carboxylic acids is 1. The van der Waals surface area contributed by atoms with Crippen molar-refractivity contribution in [1.82, 2.24) is 9.55 Å². The maximum atomic E-state index is 11.5. The molecule has 0 radical (unpaired) electrons. The van der Waals surface area contributed by atoms with Crippen molar-refractivity contribution in [1.29, 1.82) is 0 Å². The van der Waals surface area contributed by atoms with Crippen molar-refractivity contribution in [3.05, 3.63) is 58.0 Å². The molecule has 22 heavy (non-hydrogen) atoms. The fourth-order valence-corrected chi connectivity index (χ4v) is 3.46. The van der Waals surface area contributed by atoms with E-state index in [1.807, 2.05) is 22.2 Å². The molecule has 3 aromatic rings. The first-order chi connectivity index (χ1) is 10.7. The van der Waals surface area contributed by atoms with E-state index in [0.29, 0.717) is 13.2 Å². The first-order valence-corrected chi connectivity index (χ1v) is 7.93. The Bertz CT molecular complexity index is 863. The van der Waals surface area contributed by atoms with Crippen molar-refractivity contribution in [2.75, 3.05) is 0 Å². The molecular weight excluding hydrogens is 296 g/mol. The first-order valence-electron chi connectivity index (χ1n) is 7.05. The second kappa shape index (κ2) is 5.19. The Morgan fingerprint density at radius 3 is 2.95 bits per heavy atom. The third-order valence-corrected chi connectivity index (χ3v) is 4.86. The van der Waals surface area contributed by atoms with Gasteiger partial charge in [0, 0.05) is 29.0 Å². The van der Waals surface area contributed by atoms with E-state index < -0.39 is 0 Å². The fraction of sp³-hybridized carbons (Fsp3) is 0.176. The number of ether oxygens (including phenoxy) is 1. The summed E-state index contributed by atoms with van der Waals surface area (Å²) in [7, 11) is 0. The molecule has 1 aliphatic heterocycles. The van der Waals surface area contributed by atoms with Gasteiger partial charge in [0.1, 0.15) is 5.82 Å². The molecule has 0 saturated carbocycles. The normalized spacial score (nSPS) is 13.3. The van der Waals surface area contributed by atoms with E-state index >= 15 is 0 Å². The van der Waals surface area contributed by atoms with Crippen LogP contribution in [0, 0.1) is 0 Å². The van der Waals surface area contributed by atoms with Crippen molar-refractivity contribution >= 4 is 17.1 Å². The summed E-state index contributed by atoms with van der Waals surface area (Å²) < 4.78 is 7.52. The molecule has 110 valence electrons. The van der Waals surface area contributed by atoms with Gasteiger partial charge in [0.2, 0.25) is 0 Å². The molecule has 0 fully saturated rings. The van der Waals surface area contributed by atoms with Gasteiger partial charge in [-0.25, -0.2) is 4.98 Å². The molecule has 0 bridgehead atoms. The Labute approximate surface area is 132 Å². The molecule has 1 aliphatic rings. The third kappa shape index (κ3) is 2.19. The highest BCUT2D eigenvalue weighted by atomic mass is 32.1. The van der Waals surface area contributed by atoms with Gasteiger partial charge >= 0.3 is 0 Å². The smallest absolute Gasteiger partial charge is 0.169 e. The number of thiophene rings is 1. The van der Waals surface area contributed by atoms with Crippen LogP contribution in [0.15, 0.2) is 42.0 Å². The molecular formula is C17H14N2O2S. The van der Waals surface area contributed by atoms with Crippen LogP contribution in [0.25, 0.3) is 17.1 Å². The number of fused-ring (bicyclic) bond motifs is 1. The number of Topliss-reactive ketones (excluding diaryl/α,β-unsaturated/α-hetero) is 1. The summed E-state index contributed by atoms with van der Waals surface area (Å²) in [5, 5.41) is 1.98. The Kier molecular flexibility index (Phi) is 3.17. The average molecular weight is 310 g/mol. The van der Waals surface area contributed by atoms with Gasteiger partial charge in [-0.15, -0.1) is 11.3 Å². The lowest BCUT2D eigenvalue weighted by atomic mass is 10.1. The number of hydrogen-bond donors (Lipinski definition) is 0. The molecule has 0 aliphatic carbocycles. The van der Waals surface area contributed by atoms with Gasteiger partial charge in [-0.2, -0.15) is 0 Å². The number of imidazole rings is 1. The SMILES string of the molecule is CC(=O)c1cc(-c2nccn2-c2ccc3c(c2)COC3)cs1. The predicted molar refractivity (Wildman–Crippen MR) is 85.4 cm³/mol. The highest BCUT2D eigenvalue weighted by Gasteiger charge is 2.15. The van der Waals surface area contributed by atoms with E-state index in [1.54, 1.807) is 13.1 Å². The summed E-state index contributed by atoms with van der Waals surface area (Å²) in [6, 6.07) is 8.24. The van der Waals surface area contributed by atoms with E-state index in [9.17, 15) is 4.79 Å². The van der Waals surface area contributed by atoms with E-state index in [4.69, 9.17) is 4.74 Å². The average Bonchev–Trinajstić information content (AvgIpc) is 3.25. The number of hydrogen-bond acceptors (Lipinski definition) is 4. The molecule has 4 nitrogen and oxygen atoms in total. The van der Waals surface area contributed by atoms with E-state index in [2.05, 4.69) is 23.2 Å². The quantitative estimate of drug-likeness (QED) is 0.691. The van der Waals surface area contributed by atoms with Crippen LogP contribution in [0.2, 0.25) is 0 Å². The third-order valence-electron chi connectivity index (χ3n) is 3.83. The van der Waals surface area contributed by atoms with E-state index in [0.717, 1.165) is 22.0 Å². The molecule has 4 rings (SSSR count). The zero-order valence-electron chi connectivity index (χ0n) is 12.1. The van der Waals surface area contributed by atoms with Crippen LogP contribution in [0.3, 0.4) is 0 Å². The number of carbonyl (C=O) groups is 1. The Morgan fingerprint density at radius 1 is 1.27 bits per heavy atom. The van der Waals surface area contributed by atoms with Gasteiger partial charge in [0.25, 0.3) is 0 Å². The van der Waals surface area contributed by atoms with E-state index in [-0.39, 0.29) is 5.78 Å². The van der Waals surface area contributed by atoms with Crippen LogP contribution in [-0.4, -0.2) is 15.3 Å². The summed E-state index contributed by atoms with van der Waals surface area (Å²) in [6.45, 7) is 2.95. The summed E-state index contributed by atoms with van der Waals surface area (Å²) in [5.41, 5.74) is 4.51. The van der Waals surface area contributed by atoms with E-state index in [1.165, 1.54) is 22.5 Å². The lowest BCUT2D eigenvalue weighted by molar-refractivity contribution is 0.102. The minimum Gasteiger partial charge on any atom is -0.372 e. The molecule has 2 aromatic heterocycles. The maximum absolute atomic E-state index is 11.5. The van der Waals surface area contributed by atoms with Crippen molar-refractivity contribution in [3.8, 4) is 17.1 Å².